The van der Waals surface area contributed by atoms with E-state index in [0.29, 0.717) is 36.7 Å². The molecular weight excluding hydrogens is 737 g/mol. The van der Waals surface area contributed by atoms with Crippen LogP contribution in [0.1, 0.15) is 105 Å². The van der Waals surface area contributed by atoms with Gasteiger partial charge >= 0.3 is 5.97 Å². The summed E-state index contributed by atoms with van der Waals surface area (Å²) in [5, 5.41) is 32.1. The van der Waals surface area contributed by atoms with Gasteiger partial charge in [-0.3, -0.25) is 4.79 Å². The van der Waals surface area contributed by atoms with Gasteiger partial charge in [0.2, 0.25) is 0 Å². The normalized spacial score (nSPS) is 27.4. The van der Waals surface area contributed by atoms with Gasteiger partial charge in [-0.05, 0) is 214 Å². The maximum atomic E-state index is 13.5. The van der Waals surface area contributed by atoms with E-state index in [4.69, 9.17) is 4.74 Å². The molecule has 8 aliphatic rings. The predicted octanol–water partition coefficient (Wildman–Crippen LogP) is 12.0. The van der Waals surface area contributed by atoms with Gasteiger partial charge in [-0.25, -0.2) is 0 Å². The standard InChI is InChI=1S/C56H34O2S/c57-32(58-11-8-22-9-12-59-21-22)7-4-10-55(30-5-2-1-3-6-30)54-31-19-28-17-25-15-26-14-23-13-24-16-27-18-29-20-56(54,55)53-39(29)44-38(27)43-34(24)33(23)41-37(26)42-35(25)36(28)45-40(31)52(53)51-49(44)47(43)46(41)48(42)50(45)51/h1-3,5-6,9,12,15-16,18-19,21,23,29,33,54H,4,7-8,10-11,13-14,17,20H2. The van der Waals surface area contributed by atoms with Crippen LogP contribution in [-0.2, 0) is 46.0 Å². The van der Waals surface area contributed by atoms with Gasteiger partial charge in [0.1, 0.15) is 0 Å². The molecule has 6 unspecified atom stereocenters. The Morgan fingerprint density at radius 1 is 0.712 bits per heavy atom. The summed E-state index contributed by atoms with van der Waals surface area (Å²) in [5.74, 6) is 1.99. The first-order valence-corrected chi connectivity index (χ1v) is 23.4. The number of esters is 1. The summed E-state index contributed by atoms with van der Waals surface area (Å²) in [7, 11) is 0. The zero-order valence-electron chi connectivity index (χ0n) is 32.3. The first-order chi connectivity index (χ1) is 29.2. The summed E-state index contributed by atoms with van der Waals surface area (Å²) in [6.07, 6.45) is 10.6. The lowest BCUT2D eigenvalue weighted by Gasteiger charge is -2.30. The first kappa shape index (κ1) is 28.8. The first-order valence-electron chi connectivity index (χ1n) is 22.5. The molecule has 19 rings (SSSR count). The lowest BCUT2D eigenvalue weighted by atomic mass is 9.72. The number of ether oxygens (including phenoxy) is 1. The molecule has 0 saturated heterocycles. The third kappa shape index (κ3) is 2.52. The zero-order chi connectivity index (χ0) is 37.3. The largest absolute Gasteiger partial charge is 0.465 e. The van der Waals surface area contributed by atoms with Crippen molar-refractivity contribution in [3.8, 4) is 0 Å². The van der Waals surface area contributed by atoms with Crippen molar-refractivity contribution in [2.24, 2.45) is 5.92 Å². The average molecular weight is 771 g/mol. The molecule has 3 heteroatoms. The summed E-state index contributed by atoms with van der Waals surface area (Å²) >= 11 is 1.71. The topological polar surface area (TPSA) is 26.3 Å². The van der Waals surface area contributed by atoms with Crippen LogP contribution in [0.15, 0.2) is 65.4 Å². The highest BCUT2D eigenvalue weighted by Crippen LogP contribution is 2.87. The van der Waals surface area contributed by atoms with Crippen LogP contribution in [-0.4, -0.2) is 12.6 Å². The molecule has 1 heterocycles. The quantitative estimate of drug-likeness (QED) is 0.114. The minimum Gasteiger partial charge on any atom is -0.465 e. The Kier molecular flexibility index (Phi) is 4.12. The van der Waals surface area contributed by atoms with Crippen LogP contribution in [0, 0.1) is 5.92 Å². The molecule has 8 aliphatic carbocycles. The lowest BCUT2D eigenvalue weighted by molar-refractivity contribution is -0.143. The molecule has 0 aliphatic heterocycles. The molecule has 10 aromatic carbocycles. The number of carbonyl (C=O) groups is 1. The molecule has 0 bridgehead atoms. The highest BCUT2D eigenvalue weighted by Gasteiger charge is 2.81. The molecule has 1 fully saturated rings. The Hall–Kier alpha value is -5.51. The summed E-state index contributed by atoms with van der Waals surface area (Å²) in [4.78, 5) is 13.5. The van der Waals surface area contributed by atoms with Crippen molar-refractivity contribution < 1.29 is 9.53 Å². The fourth-order valence-electron chi connectivity index (χ4n) is 17.8. The molecular formula is C56H34O2S. The van der Waals surface area contributed by atoms with E-state index in [9.17, 15) is 4.79 Å². The van der Waals surface area contributed by atoms with Crippen molar-refractivity contribution >= 4 is 110 Å². The van der Waals surface area contributed by atoms with Crippen LogP contribution in [0.2, 0.25) is 0 Å². The van der Waals surface area contributed by atoms with Crippen LogP contribution in [0.5, 0.6) is 0 Å². The second-order valence-electron chi connectivity index (χ2n) is 20.6. The molecule has 59 heavy (non-hydrogen) atoms. The summed E-state index contributed by atoms with van der Waals surface area (Å²) in [6.45, 7) is 0.463. The number of hydrogen-bond donors (Lipinski definition) is 0. The van der Waals surface area contributed by atoms with Gasteiger partial charge in [0, 0.05) is 41.4 Å². The van der Waals surface area contributed by atoms with Crippen LogP contribution >= 0.6 is 11.3 Å². The van der Waals surface area contributed by atoms with E-state index in [1.54, 1.807) is 153 Å². The van der Waals surface area contributed by atoms with Gasteiger partial charge in [-0.2, -0.15) is 11.3 Å². The third-order valence-electron chi connectivity index (χ3n) is 18.9. The molecule has 6 atom stereocenters. The lowest BCUT2D eigenvalue weighted by Crippen LogP contribution is -2.22. The minimum absolute atomic E-state index is 0.00318. The van der Waals surface area contributed by atoms with E-state index in [1.807, 2.05) is 0 Å². The monoisotopic (exact) mass is 770 g/mol. The fourth-order valence-corrected chi connectivity index (χ4v) is 18.5. The summed E-state index contributed by atoms with van der Waals surface area (Å²) in [6, 6.07) is 22.0. The highest BCUT2D eigenvalue weighted by molar-refractivity contribution is 7.08. The number of fused-ring (bicyclic) bond motifs is 1. The van der Waals surface area contributed by atoms with Gasteiger partial charge in [0.05, 0.1) is 6.61 Å². The van der Waals surface area contributed by atoms with Crippen molar-refractivity contribution in [2.45, 2.75) is 80.0 Å². The van der Waals surface area contributed by atoms with E-state index in [2.05, 4.69) is 71.4 Å². The highest BCUT2D eigenvalue weighted by atomic mass is 32.1. The van der Waals surface area contributed by atoms with Crippen LogP contribution < -0.4 is 5.22 Å². The van der Waals surface area contributed by atoms with Crippen LogP contribution in [0.4, 0.5) is 0 Å². The number of carbonyl (C=O) groups excluding carboxylic acids is 1. The van der Waals surface area contributed by atoms with Crippen molar-refractivity contribution in [3.05, 3.63) is 132 Å². The second-order valence-corrected chi connectivity index (χ2v) is 21.3. The predicted molar refractivity (Wildman–Crippen MR) is 239 cm³/mol. The minimum atomic E-state index is -0.0809. The van der Waals surface area contributed by atoms with Crippen molar-refractivity contribution in [3.63, 3.8) is 0 Å². The number of thiophene rings is 1. The molecule has 0 amide bonds. The van der Waals surface area contributed by atoms with Crippen molar-refractivity contribution in [1.29, 1.82) is 0 Å². The molecule has 1 spiro atoms. The average Bonchev–Trinajstić information content (AvgIpc) is 4.03. The van der Waals surface area contributed by atoms with Gasteiger partial charge in [-0.1, -0.05) is 54.6 Å². The molecule has 0 radical (unpaired) electrons. The number of rotatable bonds is 8. The Balaban J connectivity index is 0.952. The van der Waals surface area contributed by atoms with Crippen molar-refractivity contribution in [2.75, 3.05) is 6.61 Å². The Labute approximate surface area is 341 Å². The van der Waals surface area contributed by atoms with Crippen LogP contribution in [0.25, 0.3) is 92.3 Å². The SMILES string of the molecule is O=C(CCCC1(c2ccccc2)C2c3cc4c5c6c(cc7c8c9c%10c%11c%12c%13c(cc%14c%12c%12c%15c(c%16c3c5c(c%10c86)c%16c%12%11)C21CC%15C=%14)CC(C7)C%139)C4)OCCc1ccsc1. The van der Waals surface area contributed by atoms with Crippen molar-refractivity contribution in [1.82, 2.24) is 0 Å². The van der Waals surface area contributed by atoms with E-state index in [-0.39, 0.29) is 16.8 Å². The molecule has 0 N–H and O–H groups in total. The second kappa shape index (κ2) is 8.43. The van der Waals surface area contributed by atoms with Gasteiger partial charge in [0.25, 0.3) is 0 Å². The van der Waals surface area contributed by atoms with Gasteiger partial charge < -0.3 is 4.74 Å². The molecule has 1 aromatic heterocycles. The smallest absolute Gasteiger partial charge is 0.305 e. The van der Waals surface area contributed by atoms with E-state index >= 15 is 0 Å². The number of hydrogen-bond acceptors (Lipinski definition) is 3. The summed E-state index contributed by atoms with van der Waals surface area (Å²) in [5.41, 5.74) is 17.7. The molecule has 11 aromatic rings. The Morgan fingerprint density at radius 2 is 1.47 bits per heavy atom. The molecule has 2 nitrogen and oxygen atoms in total. The maximum absolute atomic E-state index is 13.5. The van der Waals surface area contributed by atoms with Gasteiger partial charge in [-0.15, -0.1) is 0 Å². The van der Waals surface area contributed by atoms with E-state index < -0.39 is 0 Å². The zero-order valence-corrected chi connectivity index (χ0v) is 33.1. The van der Waals surface area contributed by atoms with E-state index in [0.717, 1.165) is 25.7 Å². The molecule has 1 saturated carbocycles. The fraction of sp³-hybridized carbons (Fsp3) is 0.268. The van der Waals surface area contributed by atoms with Crippen LogP contribution in [0.3, 0.4) is 0 Å². The summed E-state index contributed by atoms with van der Waals surface area (Å²) < 4.78 is 5.91. The molecule has 276 valence electrons. The number of benzene rings is 7. The van der Waals surface area contributed by atoms with Gasteiger partial charge in [0.15, 0.2) is 0 Å². The Morgan fingerprint density at radius 3 is 2.36 bits per heavy atom. The maximum Gasteiger partial charge on any atom is 0.305 e. The Bertz CT molecular complexity index is 4000. The third-order valence-corrected chi connectivity index (χ3v) is 19.6. The van der Waals surface area contributed by atoms with E-state index in [1.165, 1.54) is 30.4 Å².